The van der Waals surface area contributed by atoms with Gasteiger partial charge in [0.1, 0.15) is 17.2 Å². The first-order valence-electron chi connectivity index (χ1n) is 15.4. The van der Waals surface area contributed by atoms with E-state index in [0.717, 1.165) is 16.7 Å². The number of carbonyl (C=O) groups excluding carboxylic acids is 1. The van der Waals surface area contributed by atoms with Crippen LogP contribution in [-0.2, 0) is 29.0 Å². The molecule has 0 aromatic heterocycles. The van der Waals surface area contributed by atoms with Crippen molar-refractivity contribution in [3.63, 3.8) is 0 Å². The van der Waals surface area contributed by atoms with E-state index >= 15 is 0 Å². The topological polar surface area (TPSA) is 147 Å². The molecule has 13 heteroatoms. The van der Waals surface area contributed by atoms with Gasteiger partial charge < -0.3 is 29.4 Å². The molecule has 0 saturated carbocycles. The van der Waals surface area contributed by atoms with Crippen molar-refractivity contribution in [3.8, 4) is 17.2 Å². The number of rotatable bonds is 15. The highest BCUT2D eigenvalue weighted by molar-refractivity contribution is 6.35. The Morgan fingerprint density at radius 3 is 2.45 bits per heavy atom. The molecule has 1 aliphatic heterocycles. The summed E-state index contributed by atoms with van der Waals surface area (Å²) in [6.07, 6.45) is -0.411. The largest absolute Gasteiger partial charge is 0.497 e. The van der Waals surface area contributed by atoms with E-state index in [4.69, 9.17) is 57.8 Å². The highest BCUT2D eigenvalue weighted by Crippen LogP contribution is 2.45. The lowest BCUT2D eigenvalue weighted by Crippen LogP contribution is -2.50. The lowest BCUT2D eigenvalue weighted by Gasteiger charge is -2.32. The Balaban J connectivity index is 1.62. The van der Waals surface area contributed by atoms with Crippen LogP contribution in [0.25, 0.3) is 10.4 Å². The van der Waals surface area contributed by atoms with Crippen LogP contribution in [0.2, 0.25) is 10.0 Å². The van der Waals surface area contributed by atoms with Crippen molar-refractivity contribution in [1.82, 2.24) is 5.32 Å². The molecule has 0 saturated heterocycles. The molecule has 4 aromatic carbocycles. The van der Waals surface area contributed by atoms with Crippen LogP contribution in [0.4, 0.5) is 0 Å². The third-order valence-corrected chi connectivity index (χ3v) is 8.65. The molecule has 254 valence electrons. The first kappa shape index (κ1) is 35.4. The van der Waals surface area contributed by atoms with Gasteiger partial charge in [-0.25, -0.2) is 4.99 Å². The second-order valence-electron chi connectivity index (χ2n) is 11.1. The molecule has 0 unspecified atom stereocenters. The molecule has 49 heavy (non-hydrogen) atoms. The molecule has 1 heterocycles. The minimum Gasteiger partial charge on any atom is -0.497 e. The molecule has 1 aliphatic rings. The predicted octanol–water partition coefficient (Wildman–Crippen LogP) is 7.40. The number of hydrogen-bond acceptors (Lipinski definition) is 8. The van der Waals surface area contributed by atoms with Gasteiger partial charge in [-0.05, 0) is 65.2 Å². The predicted molar refractivity (Wildman–Crippen MR) is 188 cm³/mol. The average molecular weight is 705 g/mol. The third kappa shape index (κ3) is 8.21. The lowest BCUT2D eigenvalue weighted by atomic mass is 9.80. The Bertz CT molecular complexity index is 1870. The molecule has 0 bridgehead atoms. The smallest absolute Gasteiger partial charge is 0.252 e. The fourth-order valence-electron chi connectivity index (χ4n) is 5.58. The van der Waals surface area contributed by atoms with E-state index in [1.807, 2.05) is 30.3 Å². The van der Waals surface area contributed by atoms with Gasteiger partial charge >= 0.3 is 0 Å². The van der Waals surface area contributed by atoms with E-state index in [-0.39, 0.29) is 32.0 Å². The number of nitrogens with one attached hydrogen (secondary N) is 1. The van der Waals surface area contributed by atoms with Crippen LogP contribution in [0.1, 0.15) is 40.3 Å². The van der Waals surface area contributed by atoms with Crippen LogP contribution >= 0.6 is 23.2 Å². The Labute approximate surface area is 294 Å². The summed E-state index contributed by atoms with van der Waals surface area (Å²) in [7, 11) is 3.11. The number of aliphatic imine (C=N–C) groups is 1. The summed E-state index contributed by atoms with van der Waals surface area (Å²) in [5, 5.41) is 16.7. The molecular formula is C36H35Cl2N5O6. The zero-order chi connectivity index (χ0) is 34.8. The summed E-state index contributed by atoms with van der Waals surface area (Å²) in [4.78, 5) is 22.8. The number of azide groups is 1. The van der Waals surface area contributed by atoms with Crippen molar-refractivity contribution in [2.24, 2.45) is 10.1 Å². The molecule has 0 spiro atoms. The number of aliphatic hydroxyl groups is 1. The first-order valence-corrected chi connectivity index (χ1v) is 16.2. The summed E-state index contributed by atoms with van der Waals surface area (Å²) >= 11 is 13.1. The maximum Gasteiger partial charge on any atom is 0.252 e. The maximum atomic E-state index is 14.8. The van der Waals surface area contributed by atoms with E-state index in [1.165, 1.54) is 0 Å². The molecule has 1 amide bonds. The van der Waals surface area contributed by atoms with Crippen molar-refractivity contribution >= 4 is 35.0 Å². The molecule has 2 N–H and O–H groups in total. The number of aliphatic hydroxyl groups excluding tert-OH is 1. The number of nitrogens with zero attached hydrogens (tertiary/aromatic N) is 4. The summed E-state index contributed by atoms with van der Waals surface area (Å²) in [6.45, 7) is 0.579. The quantitative estimate of drug-likeness (QED) is 0.0571. The van der Waals surface area contributed by atoms with Crippen LogP contribution in [0.3, 0.4) is 0 Å². The number of benzene rings is 4. The number of amides is 1. The van der Waals surface area contributed by atoms with Crippen molar-refractivity contribution in [1.29, 1.82) is 0 Å². The average Bonchev–Trinajstić information content (AvgIpc) is 3.50. The van der Waals surface area contributed by atoms with Crippen LogP contribution in [0, 0.1) is 0 Å². The highest BCUT2D eigenvalue weighted by atomic mass is 35.5. The summed E-state index contributed by atoms with van der Waals surface area (Å²) in [6, 6.07) is 24.9. The first-order chi connectivity index (χ1) is 23.8. The number of halogens is 2. The van der Waals surface area contributed by atoms with Crippen LogP contribution < -0.4 is 19.5 Å². The fourth-order valence-corrected chi connectivity index (χ4v) is 6.09. The molecule has 5 rings (SSSR count). The van der Waals surface area contributed by atoms with Gasteiger partial charge in [-0.15, -0.1) is 0 Å². The molecule has 0 radical (unpaired) electrons. The third-order valence-electron chi connectivity index (χ3n) is 8.09. The summed E-state index contributed by atoms with van der Waals surface area (Å²) in [5.41, 5.74) is 10.8. The van der Waals surface area contributed by atoms with Gasteiger partial charge in [0.25, 0.3) is 5.91 Å². The second kappa shape index (κ2) is 16.5. The van der Waals surface area contributed by atoms with Crippen molar-refractivity contribution < 1.29 is 28.8 Å². The Morgan fingerprint density at radius 1 is 1.00 bits per heavy atom. The monoisotopic (exact) mass is 703 g/mol. The Hall–Kier alpha value is -4.93. The van der Waals surface area contributed by atoms with Crippen molar-refractivity contribution in [3.05, 3.63) is 133 Å². The number of carbonyl (C=O) groups is 1. The van der Waals surface area contributed by atoms with Crippen molar-refractivity contribution in [2.75, 3.05) is 27.4 Å². The zero-order valence-corrected chi connectivity index (χ0v) is 28.4. The maximum absolute atomic E-state index is 14.8. The molecule has 0 fully saturated rings. The molecule has 0 aliphatic carbocycles. The Morgan fingerprint density at radius 2 is 1.76 bits per heavy atom. The zero-order valence-electron chi connectivity index (χ0n) is 26.9. The van der Waals surface area contributed by atoms with Gasteiger partial charge in [-0.1, -0.05) is 58.6 Å². The van der Waals surface area contributed by atoms with Crippen LogP contribution in [0.5, 0.6) is 17.2 Å². The number of methoxy groups -OCH3 is 2. The molecule has 4 aromatic rings. The van der Waals surface area contributed by atoms with Gasteiger partial charge in [-0.3, -0.25) is 4.79 Å². The van der Waals surface area contributed by atoms with Gasteiger partial charge in [0, 0.05) is 63.7 Å². The normalized spacial score (nSPS) is 16.6. The van der Waals surface area contributed by atoms with E-state index in [2.05, 4.69) is 15.3 Å². The standard InChI is InChI=1S/C36H35Cl2N5O6/c1-46-29-14-10-26(32(19-29)47-2)21-40-35(45)36(20-24-6-3-4-7-25(24)22-41-43-39)33(30-15-11-27(37)18-31(30)38)49-34(42-36)23-8-12-28(13-9-23)48-17-5-16-44/h3-4,6-15,18-19,33,44H,5,16-17,20-22H2,1-2H3,(H,40,45)/t33-,36-/m1/s1. The summed E-state index contributed by atoms with van der Waals surface area (Å²) < 4.78 is 23.2. The van der Waals surface area contributed by atoms with E-state index in [1.54, 1.807) is 68.8 Å². The highest BCUT2D eigenvalue weighted by Gasteiger charge is 2.54. The SMILES string of the molecule is COc1ccc(CNC(=O)[C@]2(Cc3ccccc3CN=[N+]=[N-])N=C(c3ccc(OCCCO)cc3)O[C@@H]2c2ccc(Cl)cc2Cl)c(OC)c1. The fraction of sp³-hybridized carbons (Fsp3) is 0.278. The van der Waals surface area contributed by atoms with E-state index in [0.29, 0.717) is 51.4 Å². The van der Waals surface area contributed by atoms with E-state index < -0.39 is 17.6 Å². The molecule has 2 atom stereocenters. The minimum atomic E-state index is -1.59. The number of hydrogen-bond donors (Lipinski definition) is 2. The van der Waals surface area contributed by atoms with Crippen LogP contribution in [0.15, 0.2) is 95.0 Å². The lowest BCUT2D eigenvalue weighted by molar-refractivity contribution is -0.129. The summed E-state index contributed by atoms with van der Waals surface area (Å²) in [5.74, 6) is 1.55. The van der Waals surface area contributed by atoms with Crippen molar-refractivity contribution in [2.45, 2.75) is 37.6 Å². The molecular weight excluding hydrogens is 669 g/mol. The number of ether oxygens (including phenoxy) is 4. The van der Waals surface area contributed by atoms with E-state index in [9.17, 15) is 4.79 Å². The Kier molecular flexibility index (Phi) is 11.9. The van der Waals surface area contributed by atoms with Gasteiger partial charge in [-0.2, -0.15) is 0 Å². The van der Waals surface area contributed by atoms with Gasteiger partial charge in [0.05, 0.1) is 27.4 Å². The van der Waals surface area contributed by atoms with Crippen LogP contribution in [-0.4, -0.2) is 49.9 Å². The molecule has 11 nitrogen and oxygen atoms in total. The minimum absolute atomic E-state index is 0.0265. The second-order valence-corrected chi connectivity index (χ2v) is 12.0. The van der Waals surface area contributed by atoms with Gasteiger partial charge in [0.15, 0.2) is 11.6 Å². The van der Waals surface area contributed by atoms with Gasteiger partial charge in [0.2, 0.25) is 5.90 Å².